The van der Waals surface area contributed by atoms with Crippen molar-refractivity contribution in [3.05, 3.63) is 30.3 Å². The molecule has 0 N–H and O–H groups in total. The van der Waals surface area contributed by atoms with Gasteiger partial charge in [0.15, 0.2) is 0 Å². The number of fused-ring (bicyclic) bond motifs is 1. The van der Waals surface area contributed by atoms with E-state index in [0.717, 1.165) is 37.0 Å². The third-order valence-electron chi connectivity index (χ3n) is 4.82. The standard InChI is InChI=1S/C17H22OSe/c18-15-6-4-5-13-9-10-14(17(13)11-15)12-19-16-7-2-1-3-8-16/h1-3,7-8,13-14,17H,4-6,9-12H2/t13-,14+,17+/m1/s1. The van der Waals surface area contributed by atoms with Crippen molar-refractivity contribution in [2.45, 2.75) is 43.8 Å². The van der Waals surface area contributed by atoms with E-state index < -0.39 is 0 Å². The van der Waals surface area contributed by atoms with Crippen molar-refractivity contribution in [3.63, 3.8) is 0 Å². The fourth-order valence-electron chi connectivity index (χ4n) is 3.79. The fourth-order valence-corrected chi connectivity index (χ4v) is 6.24. The van der Waals surface area contributed by atoms with Gasteiger partial charge in [0.1, 0.15) is 0 Å². The minimum absolute atomic E-state index is 0.534. The third-order valence-corrected chi connectivity index (χ3v) is 7.34. The molecule has 2 aliphatic carbocycles. The molecule has 0 heterocycles. The van der Waals surface area contributed by atoms with Gasteiger partial charge in [0.2, 0.25) is 0 Å². The first-order valence-corrected chi connectivity index (χ1v) is 9.59. The summed E-state index contributed by atoms with van der Waals surface area (Å²) in [5.74, 6) is 2.95. The van der Waals surface area contributed by atoms with Crippen LogP contribution in [0.2, 0.25) is 5.32 Å². The van der Waals surface area contributed by atoms with E-state index >= 15 is 0 Å². The molecular formula is C17H22OSe. The molecular weight excluding hydrogens is 299 g/mol. The molecule has 0 radical (unpaired) electrons. The van der Waals surface area contributed by atoms with Crippen molar-refractivity contribution in [2.75, 3.05) is 0 Å². The van der Waals surface area contributed by atoms with Crippen LogP contribution in [-0.4, -0.2) is 20.7 Å². The molecule has 1 aromatic carbocycles. The zero-order valence-electron chi connectivity index (χ0n) is 11.4. The summed E-state index contributed by atoms with van der Waals surface area (Å²) in [6.07, 6.45) is 6.95. The second-order valence-corrected chi connectivity index (χ2v) is 8.31. The second kappa shape index (κ2) is 6.24. The van der Waals surface area contributed by atoms with E-state index in [1.165, 1.54) is 29.0 Å². The monoisotopic (exact) mass is 322 g/mol. The van der Waals surface area contributed by atoms with Crippen LogP contribution in [0.3, 0.4) is 0 Å². The first-order valence-electron chi connectivity index (χ1n) is 7.52. The summed E-state index contributed by atoms with van der Waals surface area (Å²) in [4.78, 5) is 11.9. The predicted octanol–water partition coefficient (Wildman–Crippen LogP) is 3.22. The fraction of sp³-hybridized carbons (Fsp3) is 0.588. The van der Waals surface area contributed by atoms with E-state index in [0.29, 0.717) is 20.7 Å². The van der Waals surface area contributed by atoms with Gasteiger partial charge in [0.25, 0.3) is 0 Å². The van der Waals surface area contributed by atoms with Gasteiger partial charge >= 0.3 is 122 Å². The Kier molecular flexibility index (Phi) is 4.40. The van der Waals surface area contributed by atoms with Gasteiger partial charge in [-0.15, -0.1) is 0 Å². The van der Waals surface area contributed by atoms with Crippen molar-refractivity contribution in [2.24, 2.45) is 17.8 Å². The maximum atomic E-state index is 11.9. The molecule has 0 aliphatic heterocycles. The molecule has 2 aliphatic rings. The summed E-state index contributed by atoms with van der Waals surface area (Å²) < 4.78 is 1.51. The Morgan fingerprint density at radius 3 is 2.79 bits per heavy atom. The van der Waals surface area contributed by atoms with Crippen LogP contribution in [0.5, 0.6) is 0 Å². The van der Waals surface area contributed by atoms with Crippen LogP contribution in [0.1, 0.15) is 38.5 Å². The molecule has 0 amide bonds. The Bertz CT molecular complexity index is 428. The minimum atomic E-state index is 0.534. The molecule has 0 aromatic heterocycles. The molecule has 2 saturated carbocycles. The normalized spacial score (nSPS) is 30.9. The maximum absolute atomic E-state index is 11.9. The number of benzene rings is 1. The van der Waals surface area contributed by atoms with Crippen LogP contribution < -0.4 is 4.46 Å². The van der Waals surface area contributed by atoms with Crippen molar-refractivity contribution in [1.29, 1.82) is 0 Å². The number of ketones is 1. The Morgan fingerprint density at radius 1 is 1.11 bits per heavy atom. The van der Waals surface area contributed by atoms with Crippen LogP contribution in [-0.2, 0) is 4.79 Å². The predicted molar refractivity (Wildman–Crippen MR) is 79.8 cm³/mol. The van der Waals surface area contributed by atoms with Crippen LogP contribution in [0.15, 0.2) is 30.3 Å². The summed E-state index contributed by atoms with van der Waals surface area (Å²) in [6.45, 7) is 0. The van der Waals surface area contributed by atoms with Gasteiger partial charge in [0.05, 0.1) is 0 Å². The van der Waals surface area contributed by atoms with E-state index in [9.17, 15) is 4.79 Å². The number of carbonyl (C=O) groups is 1. The molecule has 0 saturated heterocycles. The third kappa shape index (κ3) is 3.30. The Balaban J connectivity index is 1.60. The van der Waals surface area contributed by atoms with Crippen molar-refractivity contribution >= 4 is 25.2 Å². The molecule has 0 unspecified atom stereocenters. The van der Waals surface area contributed by atoms with Gasteiger partial charge in [-0.2, -0.15) is 0 Å². The van der Waals surface area contributed by atoms with Gasteiger partial charge in [0, 0.05) is 0 Å². The van der Waals surface area contributed by atoms with Gasteiger partial charge < -0.3 is 0 Å². The van der Waals surface area contributed by atoms with Crippen LogP contribution in [0.4, 0.5) is 0 Å². The number of hydrogen-bond donors (Lipinski definition) is 0. The zero-order chi connectivity index (χ0) is 13.1. The van der Waals surface area contributed by atoms with Crippen molar-refractivity contribution < 1.29 is 4.79 Å². The van der Waals surface area contributed by atoms with Crippen LogP contribution in [0.25, 0.3) is 0 Å². The average Bonchev–Trinajstić information content (AvgIpc) is 2.70. The Labute approximate surface area is 122 Å². The number of Topliss-reactive ketones (excluding diaryl/α,β-unsaturated/α-hetero) is 1. The molecule has 1 nitrogen and oxygen atoms in total. The van der Waals surface area contributed by atoms with Gasteiger partial charge in [-0.1, -0.05) is 0 Å². The SMILES string of the molecule is O=C1CCC[C@@H]2CC[C@@H](C[Se]c3ccccc3)[C@H]2C1. The van der Waals surface area contributed by atoms with Gasteiger partial charge in [-0.05, 0) is 0 Å². The average molecular weight is 321 g/mol. The van der Waals surface area contributed by atoms with E-state index in [1.54, 1.807) is 0 Å². The molecule has 0 bridgehead atoms. The summed E-state index contributed by atoms with van der Waals surface area (Å²) >= 11 is 0.593. The molecule has 3 rings (SSSR count). The summed E-state index contributed by atoms with van der Waals surface area (Å²) in [5, 5.41) is 1.34. The molecule has 19 heavy (non-hydrogen) atoms. The van der Waals surface area contributed by atoms with Gasteiger partial charge in [-0.3, -0.25) is 0 Å². The molecule has 1 aromatic rings. The van der Waals surface area contributed by atoms with E-state index in [4.69, 9.17) is 0 Å². The van der Waals surface area contributed by atoms with Crippen LogP contribution in [0, 0.1) is 17.8 Å². The van der Waals surface area contributed by atoms with E-state index in [2.05, 4.69) is 30.3 Å². The number of hydrogen-bond acceptors (Lipinski definition) is 1. The zero-order valence-corrected chi connectivity index (χ0v) is 13.1. The van der Waals surface area contributed by atoms with Crippen molar-refractivity contribution in [1.82, 2.24) is 0 Å². The van der Waals surface area contributed by atoms with E-state index in [1.807, 2.05) is 0 Å². The molecule has 2 heteroatoms. The Morgan fingerprint density at radius 2 is 1.95 bits per heavy atom. The Hall–Kier alpha value is -0.591. The molecule has 0 spiro atoms. The number of rotatable bonds is 3. The van der Waals surface area contributed by atoms with Crippen molar-refractivity contribution in [3.8, 4) is 0 Å². The molecule has 3 atom stereocenters. The van der Waals surface area contributed by atoms with Gasteiger partial charge in [-0.25, -0.2) is 0 Å². The first kappa shape index (κ1) is 13.4. The summed E-state index contributed by atoms with van der Waals surface area (Å²) in [5.41, 5.74) is 0. The topological polar surface area (TPSA) is 17.1 Å². The molecule has 2 fully saturated rings. The van der Waals surface area contributed by atoms with Crippen LogP contribution >= 0.6 is 0 Å². The first-order chi connectivity index (χ1) is 9.33. The summed E-state index contributed by atoms with van der Waals surface area (Å²) in [6, 6.07) is 10.9. The number of carbonyl (C=O) groups excluding carboxylic acids is 1. The van der Waals surface area contributed by atoms with E-state index in [-0.39, 0.29) is 0 Å². The second-order valence-electron chi connectivity index (χ2n) is 6.02. The quantitative estimate of drug-likeness (QED) is 0.781. The molecule has 102 valence electrons. The summed E-state index contributed by atoms with van der Waals surface area (Å²) in [7, 11) is 0.